The highest BCUT2D eigenvalue weighted by molar-refractivity contribution is 5.12. The van der Waals surface area contributed by atoms with Crippen molar-refractivity contribution in [1.82, 2.24) is 9.55 Å². The molecule has 2 atom stereocenters. The third-order valence-electron chi connectivity index (χ3n) is 4.46. The van der Waals surface area contributed by atoms with Crippen LogP contribution in [0.15, 0.2) is 12.5 Å². The summed E-state index contributed by atoms with van der Waals surface area (Å²) in [6, 6.07) is 0.547. The summed E-state index contributed by atoms with van der Waals surface area (Å²) in [6.45, 7) is 8.35. The predicted molar refractivity (Wildman–Crippen MR) is 72.8 cm³/mol. The Hall–Kier alpha value is -0.870. The Morgan fingerprint density at radius 3 is 2.58 bits per heavy atom. The number of ether oxygens (including phenoxy) is 1. The number of imidazole rings is 1. The van der Waals surface area contributed by atoms with Gasteiger partial charge in [0.2, 0.25) is 0 Å². The quantitative estimate of drug-likeness (QED) is 0.913. The number of nitrogens with zero attached hydrogens (tertiary/aromatic N) is 2. The van der Waals surface area contributed by atoms with Crippen LogP contribution < -0.4 is 0 Å². The summed E-state index contributed by atoms with van der Waals surface area (Å²) in [5.41, 5.74) is 0.475. The van der Waals surface area contributed by atoms with Gasteiger partial charge in [0.05, 0.1) is 29.4 Å². The monoisotopic (exact) mass is 264 g/mol. The molecule has 2 aliphatic rings. The smallest absolute Gasteiger partial charge is 0.101 e. The van der Waals surface area contributed by atoms with Crippen molar-refractivity contribution in [3.05, 3.63) is 18.2 Å². The van der Waals surface area contributed by atoms with Gasteiger partial charge in [-0.3, -0.25) is 0 Å². The van der Waals surface area contributed by atoms with E-state index in [1.807, 2.05) is 12.5 Å². The minimum atomic E-state index is -0.500. The van der Waals surface area contributed by atoms with Crippen molar-refractivity contribution in [1.29, 1.82) is 0 Å². The second kappa shape index (κ2) is 4.06. The highest BCUT2D eigenvalue weighted by atomic mass is 16.5. The first-order valence-electron chi connectivity index (χ1n) is 7.20. The second-order valence-corrected chi connectivity index (χ2v) is 7.18. The number of aliphatic hydroxyl groups is 1. The minimum absolute atomic E-state index is 0.108. The Kier molecular flexibility index (Phi) is 2.81. The van der Waals surface area contributed by atoms with Crippen LogP contribution >= 0.6 is 0 Å². The fourth-order valence-corrected chi connectivity index (χ4v) is 3.50. The maximum atomic E-state index is 10.8. The molecule has 2 fully saturated rings. The third kappa shape index (κ3) is 2.32. The van der Waals surface area contributed by atoms with E-state index < -0.39 is 6.10 Å². The van der Waals surface area contributed by atoms with Gasteiger partial charge < -0.3 is 14.4 Å². The molecule has 4 nitrogen and oxygen atoms in total. The predicted octanol–water partition coefficient (Wildman–Crippen LogP) is 2.85. The van der Waals surface area contributed by atoms with Crippen molar-refractivity contribution >= 4 is 0 Å². The fourth-order valence-electron chi connectivity index (χ4n) is 3.50. The molecular formula is C15H24N2O2. The van der Waals surface area contributed by atoms with Crippen molar-refractivity contribution < 1.29 is 9.84 Å². The van der Waals surface area contributed by atoms with E-state index >= 15 is 0 Å². The molecule has 1 aromatic rings. The number of aromatic nitrogens is 2. The van der Waals surface area contributed by atoms with Gasteiger partial charge in [-0.05, 0) is 47.0 Å². The fraction of sp³-hybridized carbons (Fsp3) is 0.800. The van der Waals surface area contributed by atoms with Crippen molar-refractivity contribution in [2.24, 2.45) is 5.92 Å². The lowest BCUT2D eigenvalue weighted by Crippen LogP contribution is -2.33. The van der Waals surface area contributed by atoms with Crippen LogP contribution in [-0.2, 0) is 4.74 Å². The van der Waals surface area contributed by atoms with Crippen molar-refractivity contribution in [2.75, 3.05) is 0 Å². The van der Waals surface area contributed by atoms with Crippen LogP contribution in [0.5, 0.6) is 0 Å². The molecule has 1 saturated carbocycles. The average molecular weight is 264 g/mol. The maximum absolute atomic E-state index is 10.8. The van der Waals surface area contributed by atoms with Crippen molar-refractivity contribution in [3.63, 3.8) is 0 Å². The molecule has 0 amide bonds. The zero-order chi connectivity index (χ0) is 13.8. The molecule has 2 heterocycles. The van der Waals surface area contributed by atoms with Gasteiger partial charge in [-0.15, -0.1) is 0 Å². The zero-order valence-electron chi connectivity index (χ0n) is 12.3. The van der Waals surface area contributed by atoms with Crippen molar-refractivity contribution in [3.8, 4) is 0 Å². The lowest BCUT2D eigenvalue weighted by Gasteiger charge is -2.30. The first-order chi connectivity index (χ1) is 8.80. The summed E-state index contributed by atoms with van der Waals surface area (Å²) in [4.78, 5) is 4.22. The Balaban J connectivity index is 1.87. The Morgan fingerprint density at radius 2 is 2.05 bits per heavy atom. The summed E-state index contributed by atoms with van der Waals surface area (Å²) in [5, 5.41) is 10.8. The van der Waals surface area contributed by atoms with E-state index in [2.05, 4.69) is 37.2 Å². The standard InChI is InChI=1S/C15H24N2O2/c1-14(2)7-11(15(3,4)19-14)13(18)12-8-16-9-17(12)10-5-6-10/h8-11,13,18H,5-7H2,1-4H3. The van der Waals surface area contributed by atoms with Crippen LogP contribution in [-0.4, -0.2) is 25.9 Å². The molecule has 4 heteroatoms. The second-order valence-electron chi connectivity index (χ2n) is 7.18. The van der Waals surface area contributed by atoms with E-state index in [9.17, 15) is 5.11 Å². The Labute approximate surface area is 114 Å². The van der Waals surface area contributed by atoms with Crippen molar-refractivity contribution in [2.45, 2.75) is 70.3 Å². The molecular weight excluding hydrogens is 240 g/mol. The number of hydrogen-bond donors (Lipinski definition) is 1. The van der Waals surface area contributed by atoms with E-state index in [0.29, 0.717) is 6.04 Å². The van der Waals surface area contributed by atoms with Gasteiger partial charge in [-0.25, -0.2) is 4.98 Å². The summed E-state index contributed by atoms with van der Waals surface area (Å²) < 4.78 is 8.24. The van der Waals surface area contributed by atoms with Gasteiger partial charge in [-0.2, -0.15) is 0 Å². The van der Waals surface area contributed by atoms with Crippen LogP contribution in [0.2, 0.25) is 0 Å². The van der Waals surface area contributed by atoms with Gasteiger partial charge in [0, 0.05) is 12.0 Å². The Bertz CT molecular complexity index is 474. The van der Waals surface area contributed by atoms with E-state index in [1.54, 1.807) is 0 Å². The van der Waals surface area contributed by atoms with Crippen LogP contribution in [0.25, 0.3) is 0 Å². The summed E-state index contributed by atoms with van der Waals surface area (Å²) >= 11 is 0. The first-order valence-corrected chi connectivity index (χ1v) is 7.20. The molecule has 0 spiro atoms. The molecule has 106 valence electrons. The molecule has 1 aromatic heterocycles. The highest BCUT2D eigenvalue weighted by Gasteiger charge is 2.50. The molecule has 3 rings (SSSR count). The molecule has 0 bridgehead atoms. The average Bonchev–Trinajstić information content (AvgIpc) is 2.95. The summed E-state index contributed by atoms with van der Waals surface area (Å²) in [5.74, 6) is 0.108. The SMILES string of the molecule is CC1(C)CC(C(O)c2cncn2C2CC2)C(C)(C)O1. The molecule has 0 radical (unpaired) electrons. The zero-order valence-corrected chi connectivity index (χ0v) is 12.3. The topological polar surface area (TPSA) is 47.3 Å². The lowest BCUT2D eigenvalue weighted by molar-refractivity contribution is -0.0887. The normalized spacial score (nSPS) is 30.5. The molecule has 1 aliphatic carbocycles. The van der Waals surface area contributed by atoms with E-state index in [0.717, 1.165) is 12.1 Å². The molecule has 2 unspecified atom stereocenters. The first kappa shape index (κ1) is 13.1. The molecule has 1 saturated heterocycles. The van der Waals surface area contributed by atoms with Crippen LogP contribution in [0, 0.1) is 5.92 Å². The maximum Gasteiger partial charge on any atom is 0.101 e. The van der Waals surface area contributed by atoms with Gasteiger partial charge >= 0.3 is 0 Å². The van der Waals surface area contributed by atoms with Crippen LogP contribution in [0.3, 0.4) is 0 Å². The van der Waals surface area contributed by atoms with Gasteiger partial charge in [0.25, 0.3) is 0 Å². The Morgan fingerprint density at radius 1 is 1.37 bits per heavy atom. The molecule has 19 heavy (non-hydrogen) atoms. The summed E-state index contributed by atoms with van der Waals surface area (Å²) in [6.07, 6.45) is 6.43. The van der Waals surface area contributed by atoms with Gasteiger partial charge in [-0.1, -0.05) is 0 Å². The summed E-state index contributed by atoms with van der Waals surface area (Å²) in [7, 11) is 0. The lowest BCUT2D eigenvalue weighted by atomic mass is 9.82. The third-order valence-corrected chi connectivity index (χ3v) is 4.46. The molecule has 0 aromatic carbocycles. The molecule has 1 N–H and O–H groups in total. The van der Waals surface area contributed by atoms with E-state index in [4.69, 9.17) is 4.74 Å². The highest BCUT2D eigenvalue weighted by Crippen LogP contribution is 2.48. The van der Waals surface area contributed by atoms with E-state index in [1.165, 1.54) is 12.8 Å². The van der Waals surface area contributed by atoms with Crippen LogP contribution in [0.1, 0.15) is 64.8 Å². The molecule has 1 aliphatic heterocycles. The van der Waals surface area contributed by atoms with E-state index in [-0.39, 0.29) is 17.1 Å². The largest absolute Gasteiger partial charge is 0.386 e. The van der Waals surface area contributed by atoms with Gasteiger partial charge in [0.15, 0.2) is 0 Å². The number of aliphatic hydroxyl groups excluding tert-OH is 1. The van der Waals surface area contributed by atoms with Gasteiger partial charge in [0.1, 0.15) is 6.10 Å². The number of hydrogen-bond acceptors (Lipinski definition) is 3. The number of rotatable bonds is 3. The minimum Gasteiger partial charge on any atom is -0.386 e. The van der Waals surface area contributed by atoms with Crippen LogP contribution in [0.4, 0.5) is 0 Å².